The molecule has 0 bridgehead atoms. The lowest BCUT2D eigenvalue weighted by atomic mass is 10.2. The number of rotatable bonds is 6. The van der Waals surface area contributed by atoms with Crippen molar-refractivity contribution in [3.05, 3.63) is 94.0 Å². The third-order valence-electron chi connectivity index (χ3n) is 4.09. The van der Waals surface area contributed by atoms with Crippen LogP contribution in [0.25, 0.3) is 11.0 Å². The minimum absolute atomic E-state index is 0.335. The minimum atomic E-state index is 0.335. The van der Waals surface area contributed by atoms with Gasteiger partial charge < -0.3 is 9.47 Å². The first-order valence-corrected chi connectivity index (χ1v) is 9.44. The first-order valence-electron chi connectivity index (χ1n) is 8.69. The van der Waals surface area contributed by atoms with Gasteiger partial charge in [-0.1, -0.05) is 59.6 Å². The molecule has 1 heterocycles. The molecular weight excluding hydrogens is 395 g/mol. The van der Waals surface area contributed by atoms with Gasteiger partial charge in [0.1, 0.15) is 13.2 Å². The molecule has 0 aliphatic carbocycles. The van der Waals surface area contributed by atoms with E-state index in [2.05, 4.69) is 9.97 Å². The van der Waals surface area contributed by atoms with Crippen molar-refractivity contribution in [2.24, 2.45) is 0 Å². The van der Waals surface area contributed by atoms with Gasteiger partial charge in [-0.3, -0.25) is 0 Å². The molecule has 0 N–H and O–H groups in total. The van der Waals surface area contributed by atoms with Gasteiger partial charge in [-0.05, 0) is 47.5 Å². The summed E-state index contributed by atoms with van der Waals surface area (Å²) in [5.41, 5.74) is 3.44. The van der Waals surface area contributed by atoms with E-state index in [-0.39, 0.29) is 0 Å². The molecule has 3 aromatic carbocycles. The van der Waals surface area contributed by atoms with Gasteiger partial charge in [0.05, 0.1) is 11.0 Å². The molecule has 0 unspecified atom stereocenters. The molecule has 4 rings (SSSR count). The quantitative estimate of drug-likeness (QED) is 0.385. The van der Waals surface area contributed by atoms with Crippen LogP contribution in [0, 0.1) is 0 Å². The number of nitrogens with zero attached hydrogens (tertiary/aromatic N) is 2. The Morgan fingerprint density at radius 1 is 0.571 bits per heavy atom. The Morgan fingerprint density at radius 2 is 0.964 bits per heavy atom. The molecule has 140 valence electrons. The number of benzene rings is 3. The van der Waals surface area contributed by atoms with E-state index >= 15 is 0 Å². The molecule has 4 nitrogen and oxygen atoms in total. The Balaban J connectivity index is 1.58. The van der Waals surface area contributed by atoms with Gasteiger partial charge in [0.25, 0.3) is 11.8 Å². The SMILES string of the molecule is Clc1ccc(COc2nc3ccccc3nc2OCc2ccc(Cl)cc2)cc1. The summed E-state index contributed by atoms with van der Waals surface area (Å²) in [5.74, 6) is 0.699. The van der Waals surface area contributed by atoms with Crippen LogP contribution in [0.1, 0.15) is 11.1 Å². The Bertz CT molecular complexity index is 996. The van der Waals surface area contributed by atoms with Crippen LogP contribution in [-0.2, 0) is 13.2 Å². The fourth-order valence-electron chi connectivity index (χ4n) is 2.62. The molecule has 0 atom stereocenters. The second kappa shape index (κ2) is 8.46. The molecule has 0 aliphatic heterocycles. The highest BCUT2D eigenvalue weighted by molar-refractivity contribution is 6.30. The minimum Gasteiger partial charge on any atom is -0.469 e. The number of fused-ring (bicyclic) bond motifs is 1. The predicted molar refractivity (Wildman–Crippen MR) is 111 cm³/mol. The Morgan fingerprint density at radius 3 is 1.36 bits per heavy atom. The lowest BCUT2D eigenvalue weighted by Crippen LogP contribution is -2.04. The van der Waals surface area contributed by atoms with Crippen LogP contribution in [-0.4, -0.2) is 9.97 Å². The van der Waals surface area contributed by atoms with Crippen molar-refractivity contribution >= 4 is 34.2 Å². The number of aromatic nitrogens is 2. The Labute approximate surface area is 172 Å². The van der Waals surface area contributed by atoms with Crippen LogP contribution in [0.3, 0.4) is 0 Å². The second-order valence-corrected chi connectivity index (χ2v) is 7.03. The fraction of sp³-hybridized carbons (Fsp3) is 0.0909. The lowest BCUT2D eigenvalue weighted by Gasteiger charge is -2.12. The molecule has 6 heteroatoms. The van der Waals surface area contributed by atoms with Crippen molar-refractivity contribution in [2.45, 2.75) is 13.2 Å². The molecule has 4 aromatic rings. The first-order chi connectivity index (χ1) is 13.7. The maximum Gasteiger partial charge on any atom is 0.279 e. The maximum atomic E-state index is 5.94. The van der Waals surface area contributed by atoms with Crippen LogP contribution in [0.15, 0.2) is 72.8 Å². The molecule has 1 aromatic heterocycles. The summed E-state index contributed by atoms with van der Waals surface area (Å²) in [5, 5.41) is 1.36. The average Bonchev–Trinajstić information content (AvgIpc) is 2.72. The predicted octanol–water partition coefficient (Wildman–Crippen LogP) is 6.09. The van der Waals surface area contributed by atoms with E-state index in [1.807, 2.05) is 72.8 Å². The van der Waals surface area contributed by atoms with Crippen molar-refractivity contribution in [1.82, 2.24) is 9.97 Å². The van der Waals surface area contributed by atoms with Crippen LogP contribution in [0.4, 0.5) is 0 Å². The largest absolute Gasteiger partial charge is 0.469 e. The van der Waals surface area contributed by atoms with E-state index in [0.717, 1.165) is 22.2 Å². The van der Waals surface area contributed by atoms with Gasteiger partial charge in [-0.2, -0.15) is 0 Å². The summed E-state index contributed by atoms with van der Waals surface area (Å²) in [6, 6.07) is 22.5. The summed E-state index contributed by atoms with van der Waals surface area (Å²) >= 11 is 11.9. The van der Waals surface area contributed by atoms with Crippen LogP contribution in [0.2, 0.25) is 10.0 Å². The van der Waals surface area contributed by atoms with E-state index in [4.69, 9.17) is 32.7 Å². The van der Waals surface area contributed by atoms with E-state index in [1.54, 1.807) is 0 Å². The summed E-state index contributed by atoms with van der Waals surface area (Å²) in [6.45, 7) is 0.670. The standard InChI is InChI=1S/C22H16Cl2N2O2/c23-17-9-5-15(6-10-17)13-27-21-22(26-20-4-2-1-3-19(20)25-21)28-14-16-7-11-18(24)12-8-16/h1-12H,13-14H2. The molecule has 0 aliphatic rings. The van der Waals surface area contributed by atoms with Crippen molar-refractivity contribution < 1.29 is 9.47 Å². The third kappa shape index (κ3) is 4.53. The van der Waals surface area contributed by atoms with Crippen LogP contribution < -0.4 is 9.47 Å². The topological polar surface area (TPSA) is 44.2 Å². The van der Waals surface area contributed by atoms with E-state index < -0.39 is 0 Å². The highest BCUT2D eigenvalue weighted by Gasteiger charge is 2.12. The summed E-state index contributed by atoms with van der Waals surface area (Å²) < 4.78 is 11.8. The van der Waals surface area contributed by atoms with Crippen LogP contribution >= 0.6 is 23.2 Å². The molecule has 28 heavy (non-hydrogen) atoms. The number of hydrogen-bond acceptors (Lipinski definition) is 4. The van der Waals surface area contributed by atoms with Gasteiger partial charge >= 0.3 is 0 Å². The molecule has 0 spiro atoms. The van der Waals surface area contributed by atoms with Gasteiger partial charge in [-0.25, -0.2) is 9.97 Å². The molecule has 0 saturated carbocycles. The van der Waals surface area contributed by atoms with Crippen molar-refractivity contribution in [3.63, 3.8) is 0 Å². The Kier molecular flexibility index (Phi) is 5.60. The maximum absolute atomic E-state index is 5.94. The molecule has 0 fully saturated rings. The third-order valence-corrected chi connectivity index (χ3v) is 4.59. The number of ether oxygens (including phenoxy) is 2. The van der Waals surface area contributed by atoms with Crippen LogP contribution in [0.5, 0.6) is 11.8 Å². The van der Waals surface area contributed by atoms with Crippen molar-refractivity contribution in [2.75, 3.05) is 0 Å². The van der Waals surface area contributed by atoms with Crippen molar-refractivity contribution in [1.29, 1.82) is 0 Å². The molecule has 0 saturated heterocycles. The Hall–Kier alpha value is -2.82. The number of halogens is 2. The van der Waals surface area contributed by atoms with Crippen molar-refractivity contribution in [3.8, 4) is 11.8 Å². The smallest absolute Gasteiger partial charge is 0.279 e. The second-order valence-electron chi connectivity index (χ2n) is 6.15. The number of hydrogen-bond donors (Lipinski definition) is 0. The van der Waals surface area contributed by atoms with E-state index in [0.29, 0.717) is 35.0 Å². The molecular formula is C22H16Cl2N2O2. The monoisotopic (exact) mass is 410 g/mol. The normalized spacial score (nSPS) is 10.8. The first kappa shape index (κ1) is 18.5. The fourth-order valence-corrected chi connectivity index (χ4v) is 2.87. The van der Waals surface area contributed by atoms with Gasteiger partial charge in [0, 0.05) is 10.0 Å². The van der Waals surface area contributed by atoms with Gasteiger partial charge in [0.2, 0.25) is 0 Å². The van der Waals surface area contributed by atoms with E-state index in [1.165, 1.54) is 0 Å². The lowest BCUT2D eigenvalue weighted by molar-refractivity contribution is 0.240. The highest BCUT2D eigenvalue weighted by atomic mass is 35.5. The highest BCUT2D eigenvalue weighted by Crippen LogP contribution is 2.27. The van der Waals surface area contributed by atoms with Gasteiger partial charge in [-0.15, -0.1) is 0 Å². The average molecular weight is 411 g/mol. The zero-order valence-corrected chi connectivity index (χ0v) is 16.3. The summed E-state index contributed by atoms with van der Waals surface area (Å²) in [7, 11) is 0. The van der Waals surface area contributed by atoms with Gasteiger partial charge in [0.15, 0.2) is 0 Å². The summed E-state index contributed by atoms with van der Waals surface area (Å²) in [4.78, 5) is 9.15. The zero-order chi connectivity index (χ0) is 19.3. The molecule has 0 amide bonds. The number of para-hydroxylation sites is 2. The molecule has 0 radical (unpaired) electrons. The summed E-state index contributed by atoms with van der Waals surface area (Å²) in [6.07, 6.45) is 0. The van der Waals surface area contributed by atoms with E-state index in [9.17, 15) is 0 Å². The zero-order valence-electron chi connectivity index (χ0n) is 14.8.